The van der Waals surface area contributed by atoms with Crippen LogP contribution in [0, 0.1) is 13.7 Å². The van der Waals surface area contributed by atoms with Gasteiger partial charge in [-0.05, 0) is 52.9 Å². The topological polar surface area (TPSA) is 81.5 Å². The van der Waals surface area contributed by atoms with Gasteiger partial charge >= 0.3 is 5.69 Å². The van der Waals surface area contributed by atoms with Crippen molar-refractivity contribution in [1.29, 1.82) is 0 Å². The first-order valence-corrected chi connectivity index (χ1v) is 6.98. The third kappa shape index (κ3) is 3.69. The van der Waals surface area contributed by atoms with Crippen LogP contribution >= 0.6 is 22.6 Å². The quantitative estimate of drug-likeness (QED) is 0.486. The standard InChI is InChI=1S/C14H11IN2O4/c1-21-13-6-5-9(7-12(13)17(19)20)14(18)16-11-4-2-3-10(15)8-11/h2-8H,1H3,(H,16,18). The van der Waals surface area contributed by atoms with Crippen LogP contribution in [0.25, 0.3) is 0 Å². The second-order valence-corrected chi connectivity index (χ2v) is 5.35. The molecule has 108 valence electrons. The smallest absolute Gasteiger partial charge is 0.311 e. The molecule has 0 heterocycles. The monoisotopic (exact) mass is 398 g/mol. The first-order chi connectivity index (χ1) is 10.0. The average Bonchev–Trinajstić information content (AvgIpc) is 2.46. The van der Waals surface area contributed by atoms with E-state index in [1.807, 2.05) is 12.1 Å². The molecule has 0 saturated carbocycles. The molecule has 0 aliphatic heterocycles. The van der Waals surface area contributed by atoms with Crippen molar-refractivity contribution in [1.82, 2.24) is 0 Å². The predicted octanol–water partition coefficient (Wildman–Crippen LogP) is 3.46. The molecule has 6 nitrogen and oxygen atoms in total. The van der Waals surface area contributed by atoms with Crippen molar-refractivity contribution in [2.45, 2.75) is 0 Å². The van der Waals surface area contributed by atoms with E-state index in [0.717, 1.165) is 3.57 Å². The molecule has 0 bridgehead atoms. The Balaban J connectivity index is 2.27. The fraction of sp³-hybridized carbons (Fsp3) is 0.0714. The lowest BCUT2D eigenvalue weighted by Gasteiger charge is -2.07. The fourth-order valence-corrected chi connectivity index (χ4v) is 2.29. The molecule has 0 aliphatic rings. The van der Waals surface area contributed by atoms with Gasteiger partial charge in [-0.25, -0.2) is 0 Å². The normalized spacial score (nSPS) is 10.0. The van der Waals surface area contributed by atoms with Crippen LogP contribution in [0.4, 0.5) is 11.4 Å². The number of methoxy groups -OCH3 is 1. The zero-order chi connectivity index (χ0) is 15.4. The lowest BCUT2D eigenvalue weighted by atomic mass is 10.1. The van der Waals surface area contributed by atoms with Crippen LogP contribution in [0.2, 0.25) is 0 Å². The zero-order valence-electron chi connectivity index (χ0n) is 11.0. The zero-order valence-corrected chi connectivity index (χ0v) is 13.2. The van der Waals surface area contributed by atoms with Crippen molar-refractivity contribution in [3.8, 4) is 5.75 Å². The molecular formula is C14H11IN2O4. The fourth-order valence-electron chi connectivity index (χ4n) is 1.74. The number of hydrogen-bond acceptors (Lipinski definition) is 4. The summed E-state index contributed by atoms with van der Waals surface area (Å²) < 4.78 is 5.88. The number of hydrogen-bond donors (Lipinski definition) is 1. The summed E-state index contributed by atoms with van der Waals surface area (Å²) in [6, 6.07) is 11.3. The third-order valence-electron chi connectivity index (χ3n) is 2.72. The lowest BCUT2D eigenvalue weighted by Crippen LogP contribution is -2.12. The molecule has 2 rings (SSSR count). The largest absolute Gasteiger partial charge is 0.490 e. The van der Waals surface area contributed by atoms with Crippen molar-refractivity contribution >= 4 is 39.9 Å². The second kappa shape index (κ2) is 6.53. The number of ether oxygens (including phenoxy) is 1. The van der Waals surface area contributed by atoms with Gasteiger partial charge in [0.15, 0.2) is 5.75 Å². The summed E-state index contributed by atoms with van der Waals surface area (Å²) in [5.74, 6) is -0.298. The second-order valence-electron chi connectivity index (χ2n) is 4.11. The number of nitro groups is 1. The van der Waals surface area contributed by atoms with Crippen molar-refractivity contribution in [3.63, 3.8) is 0 Å². The van der Waals surface area contributed by atoms with Gasteiger partial charge in [0, 0.05) is 20.9 Å². The Bertz CT molecular complexity index is 703. The van der Waals surface area contributed by atoms with Crippen molar-refractivity contribution in [2.75, 3.05) is 12.4 Å². The highest BCUT2D eigenvalue weighted by atomic mass is 127. The molecule has 21 heavy (non-hydrogen) atoms. The molecular weight excluding hydrogens is 387 g/mol. The summed E-state index contributed by atoms with van der Waals surface area (Å²) in [5, 5.41) is 13.6. The summed E-state index contributed by atoms with van der Waals surface area (Å²) in [4.78, 5) is 22.5. The number of benzene rings is 2. The van der Waals surface area contributed by atoms with Crippen molar-refractivity contribution in [3.05, 3.63) is 61.7 Å². The van der Waals surface area contributed by atoms with Gasteiger partial charge in [0.1, 0.15) is 0 Å². The van der Waals surface area contributed by atoms with Gasteiger partial charge in [-0.1, -0.05) is 6.07 Å². The van der Waals surface area contributed by atoms with E-state index in [1.54, 1.807) is 12.1 Å². The van der Waals surface area contributed by atoms with E-state index in [-0.39, 0.29) is 17.0 Å². The molecule has 0 saturated heterocycles. The number of amides is 1. The Morgan fingerprint density at radius 1 is 1.29 bits per heavy atom. The Kier molecular flexibility index (Phi) is 4.73. The van der Waals surface area contributed by atoms with E-state index in [4.69, 9.17) is 4.74 Å². The van der Waals surface area contributed by atoms with E-state index in [9.17, 15) is 14.9 Å². The SMILES string of the molecule is COc1ccc(C(=O)Nc2cccc(I)c2)cc1[N+](=O)[O-]. The van der Waals surface area contributed by atoms with Crippen LogP contribution in [-0.2, 0) is 0 Å². The Morgan fingerprint density at radius 2 is 2.05 bits per heavy atom. The molecule has 0 fully saturated rings. The minimum Gasteiger partial charge on any atom is -0.490 e. The minimum atomic E-state index is -0.582. The number of halogens is 1. The van der Waals surface area contributed by atoms with Crippen LogP contribution in [0.3, 0.4) is 0 Å². The maximum atomic E-state index is 12.1. The van der Waals surface area contributed by atoms with E-state index < -0.39 is 10.8 Å². The van der Waals surface area contributed by atoms with Crippen molar-refractivity contribution in [2.24, 2.45) is 0 Å². The van der Waals surface area contributed by atoms with Gasteiger partial charge in [-0.15, -0.1) is 0 Å². The van der Waals surface area contributed by atoms with Crippen LogP contribution in [0.1, 0.15) is 10.4 Å². The van der Waals surface area contributed by atoms with Crippen LogP contribution < -0.4 is 10.1 Å². The maximum absolute atomic E-state index is 12.1. The van der Waals surface area contributed by atoms with Crippen LogP contribution in [0.5, 0.6) is 5.75 Å². The molecule has 1 amide bonds. The Labute approximate surface area is 134 Å². The number of carbonyl (C=O) groups is 1. The molecule has 0 aliphatic carbocycles. The highest BCUT2D eigenvalue weighted by Gasteiger charge is 2.18. The Morgan fingerprint density at radius 3 is 2.67 bits per heavy atom. The van der Waals surface area contributed by atoms with Crippen LogP contribution in [-0.4, -0.2) is 17.9 Å². The first-order valence-electron chi connectivity index (χ1n) is 5.90. The highest BCUT2D eigenvalue weighted by molar-refractivity contribution is 14.1. The number of nitrogens with zero attached hydrogens (tertiary/aromatic N) is 1. The van der Waals surface area contributed by atoms with Crippen LogP contribution in [0.15, 0.2) is 42.5 Å². The molecule has 2 aromatic carbocycles. The van der Waals surface area contributed by atoms with Crippen molar-refractivity contribution < 1.29 is 14.5 Å². The number of carbonyl (C=O) groups excluding carboxylic acids is 1. The summed E-state index contributed by atoms with van der Waals surface area (Å²) in [5.41, 5.74) is 0.583. The average molecular weight is 398 g/mol. The Hall–Kier alpha value is -2.16. The van der Waals surface area contributed by atoms with Gasteiger partial charge in [-0.2, -0.15) is 0 Å². The molecule has 2 aromatic rings. The van der Waals surface area contributed by atoms with E-state index in [1.165, 1.54) is 25.3 Å². The minimum absolute atomic E-state index is 0.116. The van der Waals surface area contributed by atoms with Gasteiger partial charge in [-0.3, -0.25) is 14.9 Å². The third-order valence-corrected chi connectivity index (χ3v) is 3.39. The number of anilines is 1. The van der Waals surface area contributed by atoms with E-state index in [0.29, 0.717) is 5.69 Å². The molecule has 7 heteroatoms. The first kappa shape index (κ1) is 15.2. The summed E-state index contributed by atoms with van der Waals surface area (Å²) >= 11 is 2.13. The summed E-state index contributed by atoms with van der Waals surface area (Å²) in [6.45, 7) is 0. The number of nitrogens with one attached hydrogen (secondary N) is 1. The number of nitro benzene ring substituents is 1. The lowest BCUT2D eigenvalue weighted by molar-refractivity contribution is -0.385. The predicted molar refractivity (Wildman–Crippen MR) is 86.8 cm³/mol. The van der Waals surface area contributed by atoms with E-state index >= 15 is 0 Å². The van der Waals surface area contributed by atoms with Gasteiger partial charge in [0.2, 0.25) is 0 Å². The number of rotatable bonds is 4. The van der Waals surface area contributed by atoms with Gasteiger partial charge in [0.05, 0.1) is 12.0 Å². The molecule has 0 aromatic heterocycles. The highest BCUT2D eigenvalue weighted by Crippen LogP contribution is 2.27. The molecule has 0 radical (unpaired) electrons. The summed E-state index contributed by atoms with van der Waals surface area (Å²) in [7, 11) is 1.34. The van der Waals surface area contributed by atoms with E-state index in [2.05, 4.69) is 27.9 Å². The maximum Gasteiger partial charge on any atom is 0.311 e. The summed E-state index contributed by atoms with van der Waals surface area (Å²) in [6.07, 6.45) is 0. The molecule has 0 atom stereocenters. The molecule has 1 N–H and O–H groups in total. The molecule has 0 unspecified atom stereocenters. The van der Waals surface area contributed by atoms with Gasteiger partial charge in [0.25, 0.3) is 5.91 Å². The van der Waals surface area contributed by atoms with Gasteiger partial charge < -0.3 is 10.1 Å². The molecule has 0 spiro atoms.